The van der Waals surface area contributed by atoms with Crippen LogP contribution < -0.4 is 11.3 Å². The normalized spacial score (nSPS) is 19.9. The zero-order valence-corrected chi connectivity index (χ0v) is 9.72. The van der Waals surface area contributed by atoms with Crippen LogP contribution in [0.1, 0.15) is 31.5 Å². The van der Waals surface area contributed by atoms with Crippen LogP contribution in [0.5, 0.6) is 0 Å². The summed E-state index contributed by atoms with van der Waals surface area (Å²) in [5, 5.41) is 4.29. The molecule has 0 aliphatic carbocycles. The molecule has 1 aromatic rings. The first kappa shape index (κ1) is 11.6. The quantitative estimate of drug-likeness (QED) is 0.587. The van der Waals surface area contributed by atoms with E-state index in [4.69, 9.17) is 10.6 Å². The van der Waals surface area contributed by atoms with Crippen molar-refractivity contribution in [2.24, 2.45) is 11.8 Å². The fraction of sp³-hybridized carbons (Fsp3) is 0.727. The molecule has 2 heterocycles. The summed E-state index contributed by atoms with van der Waals surface area (Å²) >= 11 is 0. The molecule has 1 saturated heterocycles. The van der Waals surface area contributed by atoms with Gasteiger partial charge in [0, 0.05) is 26.0 Å². The molecule has 1 aliphatic rings. The van der Waals surface area contributed by atoms with E-state index in [0.717, 1.165) is 32.6 Å². The van der Waals surface area contributed by atoms with Crippen LogP contribution in [-0.4, -0.2) is 23.0 Å². The van der Waals surface area contributed by atoms with Gasteiger partial charge in [-0.3, -0.25) is 16.0 Å². The van der Waals surface area contributed by atoms with E-state index in [1.807, 2.05) is 16.9 Å². The molecule has 3 N–H and O–H groups in total. The predicted octanol–water partition coefficient (Wildman–Crippen LogP) is 0.834. The van der Waals surface area contributed by atoms with E-state index in [2.05, 4.69) is 17.4 Å². The monoisotopic (exact) mass is 224 g/mol. The lowest BCUT2D eigenvalue weighted by Crippen LogP contribution is -2.37. The molecule has 1 fully saturated rings. The van der Waals surface area contributed by atoms with E-state index in [1.54, 1.807) is 0 Å². The van der Waals surface area contributed by atoms with Crippen LogP contribution in [0.15, 0.2) is 12.3 Å². The molecule has 0 amide bonds. The number of hydrazine groups is 1. The van der Waals surface area contributed by atoms with Gasteiger partial charge < -0.3 is 4.74 Å². The van der Waals surface area contributed by atoms with Gasteiger partial charge in [0.05, 0.1) is 11.7 Å². The summed E-state index contributed by atoms with van der Waals surface area (Å²) in [5.74, 6) is 6.23. The predicted molar refractivity (Wildman–Crippen MR) is 61.5 cm³/mol. The third-order valence-electron chi connectivity index (χ3n) is 3.28. The summed E-state index contributed by atoms with van der Waals surface area (Å²) in [5.41, 5.74) is 4.11. The molecule has 5 heteroatoms. The van der Waals surface area contributed by atoms with Gasteiger partial charge in [-0.25, -0.2) is 0 Å². The molecular weight excluding hydrogens is 204 g/mol. The summed E-state index contributed by atoms with van der Waals surface area (Å²) in [6, 6.07) is 2.23. The molecule has 1 unspecified atom stereocenters. The van der Waals surface area contributed by atoms with Gasteiger partial charge in [0.2, 0.25) is 0 Å². The Bertz CT molecular complexity index is 320. The molecule has 16 heavy (non-hydrogen) atoms. The van der Waals surface area contributed by atoms with Crippen molar-refractivity contribution in [3.05, 3.63) is 18.0 Å². The Labute approximate surface area is 95.9 Å². The number of hydrogen-bond donors (Lipinski definition) is 2. The highest BCUT2D eigenvalue weighted by Crippen LogP contribution is 2.29. The highest BCUT2D eigenvalue weighted by molar-refractivity contribution is 5.08. The van der Waals surface area contributed by atoms with Gasteiger partial charge in [0.25, 0.3) is 0 Å². The van der Waals surface area contributed by atoms with E-state index in [0.29, 0.717) is 5.92 Å². The van der Waals surface area contributed by atoms with Gasteiger partial charge in [-0.05, 0) is 31.7 Å². The van der Waals surface area contributed by atoms with E-state index in [1.165, 1.54) is 5.69 Å². The lowest BCUT2D eigenvalue weighted by Gasteiger charge is -2.30. The molecule has 1 aromatic heterocycles. The minimum Gasteiger partial charge on any atom is -0.381 e. The first-order chi connectivity index (χ1) is 7.86. The zero-order chi connectivity index (χ0) is 11.4. The summed E-state index contributed by atoms with van der Waals surface area (Å²) in [7, 11) is 0. The second kappa shape index (κ2) is 5.43. The fourth-order valence-electron chi connectivity index (χ4n) is 2.38. The Hall–Kier alpha value is -0.910. The maximum Gasteiger partial charge on any atom is 0.0658 e. The number of nitrogens with one attached hydrogen (secondary N) is 1. The lowest BCUT2D eigenvalue weighted by atomic mass is 9.90. The maximum atomic E-state index is 5.69. The topological polar surface area (TPSA) is 65.1 Å². The first-order valence-corrected chi connectivity index (χ1v) is 5.92. The third kappa shape index (κ3) is 2.26. The number of hydrogen-bond acceptors (Lipinski definition) is 4. The van der Waals surface area contributed by atoms with Gasteiger partial charge in [0.15, 0.2) is 0 Å². The van der Waals surface area contributed by atoms with Crippen molar-refractivity contribution >= 4 is 0 Å². The summed E-state index contributed by atoms with van der Waals surface area (Å²) in [6.07, 6.45) is 3.95. The van der Waals surface area contributed by atoms with Crippen LogP contribution in [0.3, 0.4) is 0 Å². The van der Waals surface area contributed by atoms with Gasteiger partial charge in [-0.15, -0.1) is 0 Å². The number of nitrogens with zero attached hydrogens (tertiary/aromatic N) is 2. The smallest absolute Gasteiger partial charge is 0.0658 e. The molecule has 2 rings (SSSR count). The Balaban J connectivity index is 2.14. The van der Waals surface area contributed by atoms with Crippen LogP contribution in [0, 0.1) is 5.92 Å². The molecule has 0 radical (unpaired) electrons. The number of ether oxygens (including phenoxy) is 1. The molecule has 1 aliphatic heterocycles. The Morgan fingerprint density at radius 2 is 2.38 bits per heavy atom. The SMILES string of the molecule is CCn1nccc1C(NN)C1CCOCC1. The highest BCUT2D eigenvalue weighted by atomic mass is 16.5. The fourth-order valence-corrected chi connectivity index (χ4v) is 2.38. The van der Waals surface area contributed by atoms with Gasteiger partial charge >= 0.3 is 0 Å². The van der Waals surface area contributed by atoms with Crippen molar-refractivity contribution in [1.82, 2.24) is 15.2 Å². The number of aryl methyl sites for hydroxylation is 1. The van der Waals surface area contributed by atoms with Crippen molar-refractivity contribution in [1.29, 1.82) is 0 Å². The standard InChI is InChI=1S/C11H20N4O/c1-2-15-10(3-6-13-15)11(14-12)9-4-7-16-8-5-9/h3,6,9,11,14H,2,4-5,7-8,12H2,1H3. The van der Waals surface area contributed by atoms with Gasteiger partial charge in [0.1, 0.15) is 0 Å². The van der Waals surface area contributed by atoms with E-state index in [-0.39, 0.29) is 6.04 Å². The first-order valence-electron chi connectivity index (χ1n) is 5.92. The molecule has 0 bridgehead atoms. The van der Waals surface area contributed by atoms with Gasteiger partial charge in [-0.1, -0.05) is 0 Å². The second-order valence-electron chi connectivity index (χ2n) is 4.17. The maximum absolute atomic E-state index is 5.69. The van der Waals surface area contributed by atoms with Crippen molar-refractivity contribution in [3.8, 4) is 0 Å². The van der Waals surface area contributed by atoms with E-state index >= 15 is 0 Å². The van der Waals surface area contributed by atoms with Crippen LogP contribution in [0.2, 0.25) is 0 Å². The van der Waals surface area contributed by atoms with Crippen LogP contribution >= 0.6 is 0 Å². The molecule has 0 aromatic carbocycles. The van der Waals surface area contributed by atoms with E-state index < -0.39 is 0 Å². The van der Waals surface area contributed by atoms with E-state index in [9.17, 15) is 0 Å². The molecule has 1 atom stereocenters. The average molecular weight is 224 g/mol. The molecule has 5 nitrogen and oxygen atoms in total. The minimum absolute atomic E-state index is 0.186. The number of aromatic nitrogens is 2. The van der Waals surface area contributed by atoms with Crippen molar-refractivity contribution in [3.63, 3.8) is 0 Å². The van der Waals surface area contributed by atoms with Crippen molar-refractivity contribution < 1.29 is 4.74 Å². The third-order valence-corrected chi connectivity index (χ3v) is 3.28. The average Bonchev–Trinajstić information content (AvgIpc) is 2.80. The molecular formula is C11H20N4O. The summed E-state index contributed by atoms with van der Waals surface area (Å²) in [6.45, 7) is 4.64. The lowest BCUT2D eigenvalue weighted by molar-refractivity contribution is 0.0524. The van der Waals surface area contributed by atoms with Crippen molar-refractivity contribution in [2.45, 2.75) is 32.4 Å². The molecule has 90 valence electrons. The summed E-state index contributed by atoms with van der Waals surface area (Å²) < 4.78 is 7.38. The number of nitrogens with two attached hydrogens (primary N) is 1. The Morgan fingerprint density at radius 3 is 3.00 bits per heavy atom. The minimum atomic E-state index is 0.186. The van der Waals surface area contributed by atoms with Crippen molar-refractivity contribution in [2.75, 3.05) is 13.2 Å². The van der Waals surface area contributed by atoms with Crippen LogP contribution in [0.4, 0.5) is 0 Å². The zero-order valence-electron chi connectivity index (χ0n) is 9.72. The van der Waals surface area contributed by atoms with Gasteiger partial charge in [-0.2, -0.15) is 5.10 Å². The Kier molecular flexibility index (Phi) is 3.93. The molecule has 0 spiro atoms. The molecule has 0 saturated carbocycles. The Morgan fingerprint density at radius 1 is 1.62 bits per heavy atom. The largest absolute Gasteiger partial charge is 0.381 e. The number of rotatable bonds is 4. The summed E-state index contributed by atoms with van der Waals surface area (Å²) in [4.78, 5) is 0. The highest BCUT2D eigenvalue weighted by Gasteiger charge is 2.26. The van der Waals surface area contributed by atoms with Crippen LogP contribution in [0.25, 0.3) is 0 Å². The van der Waals surface area contributed by atoms with Crippen LogP contribution in [-0.2, 0) is 11.3 Å². The second-order valence-corrected chi connectivity index (χ2v) is 4.17.